The number of carbonyl (C=O) groups is 1. The number of aromatic nitrogens is 2. The third-order valence-corrected chi connectivity index (χ3v) is 4.69. The van der Waals surface area contributed by atoms with E-state index >= 15 is 0 Å². The van der Waals surface area contributed by atoms with Crippen molar-refractivity contribution in [2.24, 2.45) is 7.05 Å². The Morgan fingerprint density at radius 2 is 2.00 bits per heavy atom. The number of benzene rings is 1. The summed E-state index contributed by atoms with van der Waals surface area (Å²) in [4.78, 5) is 28.9. The molecule has 1 N–H and O–H groups in total. The molecule has 0 atom stereocenters. The Labute approximate surface area is 161 Å². The summed E-state index contributed by atoms with van der Waals surface area (Å²) in [5.74, 6) is -1.65. The van der Waals surface area contributed by atoms with Crippen molar-refractivity contribution >= 4 is 17.0 Å². The summed E-state index contributed by atoms with van der Waals surface area (Å²) in [5.41, 5.74) is 2.11. The van der Waals surface area contributed by atoms with Crippen LogP contribution in [0.1, 0.15) is 40.9 Å². The van der Waals surface area contributed by atoms with E-state index in [4.69, 9.17) is 4.74 Å². The molecule has 146 valence electrons. The monoisotopic (exact) mass is 384 g/mol. The van der Waals surface area contributed by atoms with Crippen LogP contribution >= 0.6 is 0 Å². The summed E-state index contributed by atoms with van der Waals surface area (Å²) < 4.78 is 19.6. The van der Waals surface area contributed by atoms with Gasteiger partial charge >= 0.3 is 5.97 Å². The van der Waals surface area contributed by atoms with Crippen LogP contribution in [0, 0.1) is 5.82 Å². The highest BCUT2D eigenvalue weighted by molar-refractivity contribution is 5.98. The molecule has 1 aromatic carbocycles. The van der Waals surface area contributed by atoms with Gasteiger partial charge in [0.15, 0.2) is 11.3 Å². The van der Waals surface area contributed by atoms with Gasteiger partial charge in [0, 0.05) is 13.2 Å². The minimum absolute atomic E-state index is 0.0866. The van der Waals surface area contributed by atoms with Crippen molar-refractivity contribution in [1.82, 2.24) is 9.55 Å². The predicted molar refractivity (Wildman–Crippen MR) is 103 cm³/mol. The fourth-order valence-corrected chi connectivity index (χ4v) is 3.23. The molecule has 0 radical (unpaired) electrons. The van der Waals surface area contributed by atoms with E-state index in [1.54, 1.807) is 25.3 Å². The fourth-order valence-electron chi connectivity index (χ4n) is 3.23. The Morgan fingerprint density at radius 1 is 1.25 bits per heavy atom. The van der Waals surface area contributed by atoms with Crippen molar-refractivity contribution in [2.75, 3.05) is 6.61 Å². The molecule has 2 aromatic heterocycles. The molecule has 28 heavy (non-hydrogen) atoms. The highest BCUT2D eigenvalue weighted by atomic mass is 19.1. The van der Waals surface area contributed by atoms with Gasteiger partial charge in [-0.05, 0) is 54.7 Å². The molecule has 0 bridgehead atoms. The first-order chi connectivity index (χ1) is 13.4. The van der Waals surface area contributed by atoms with Crippen LogP contribution in [-0.2, 0) is 24.6 Å². The quantitative estimate of drug-likeness (QED) is 0.684. The van der Waals surface area contributed by atoms with Crippen molar-refractivity contribution in [3.8, 4) is 5.75 Å². The van der Waals surface area contributed by atoms with E-state index in [-0.39, 0.29) is 17.9 Å². The second kappa shape index (κ2) is 7.80. The second-order valence-electron chi connectivity index (χ2n) is 6.46. The lowest BCUT2D eigenvalue weighted by Crippen LogP contribution is -2.26. The van der Waals surface area contributed by atoms with Crippen molar-refractivity contribution in [3.05, 3.63) is 68.9 Å². The summed E-state index contributed by atoms with van der Waals surface area (Å²) >= 11 is 0. The number of ether oxygens (including phenoxy) is 1. The van der Waals surface area contributed by atoms with E-state index in [9.17, 15) is 19.1 Å². The first-order valence-electron chi connectivity index (χ1n) is 9.02. The number of aryl methyl sites for hydroxylation is 2. The molecule has 0 fully saturated rings. The molecule has 0 saturated carbocycles. The normalized spacial score (nSPS) is 11.0. The molecule has 0 aliphatic heterocycles. The van der Waals surface area contributed by atoms with Gasteiger partial charge in [-0.25, -0.2) is 9.18 Å². The van der Waals surface area contributed by atoms with Gasteiger partial charge in [-0.1, -0.05) is 13.0 Å². The van der Waals surface area contributed by atoms with Gasteiger partial charge in [0.2, 0.25) is 0 Å². The Hall–Kier alpha value is -3.22. The van der Waals surface area contributed by atoms with E-state index in [1.807, 2.05) is 6.92 Å². The zero-order valence-electron chi connectivity index (χ0n) is 16.0. The number of hydrogen-bond donors (Lipinski definition) is 1. The molecule has 3 aromatic rings. The van der Waals surface area contributed by atoms with Crippen LogP contribution in [0.5, 0.6) is 5.75 Å². The van der Waals surface area contributed by atoms with E-state index in [2.05, 4.69) is 4.98 Å². The van der Waals surface area contributed by atoms with Gasteiger partial charge in [0.1, 0.15) is 11.3 Å². The number of hydrogen-bond acceptors (Lipinski definition) is 5. The first-order valence-corrected chi connectivity index (χ1v) is 9.02. The van der Waals surface area contributed by atoms with E-state index in [0.717, 1.165) is 16.7 Å². The van der Waals surface area contributed by atoms with Crippen LogP contribution in [-0.4, -0.2) is 27.2 Å². The molecule has 2 heterocycles. The Balaban J connectivity index is 2.10. The standard InChI is InChI=1S/C21H21FN2O4/c1-4-13-10-15(22)7-6-14(13)8-12-9-16-18(23-11-12)19(25)17(20(26)24(16)3)21(27)28-5-2/h6-7,9-11,25H,4-5,8H2,1-3H3. The average Bonchev–Trinajstić information content (AvgIpc) is 2.68. The van der Waals surface area contributed by atoms with Gasteiger partial charge < -0.3 is 14.4 Å². The second-order valence-corrected chi connectivity index (χ2v) is 6.46. The smallest absolute Gasteiger partial charge is 0.347 e. The molecular weight excluding hydrogens is 363 g/mol. The van der Waals surface area contributed by atoms with Gasteiger partial charge in [-0.3, -0.25) is 9.78 Å². The fraction of sp³-hybridized carbons (Fsp3) is 0.286. The van der Waals surface area contributed by atoms with Crippen molar-refractivity contribution in [2.45, 2.75) is 26.7 Å². The molecular formula is C21H21FN2O4. The van der Waals surface area contributed by atoms with Gasteiger partial charge in [-0.15, -0.1) is 0 Å². The maximum absolute atomic E-state index is 13.5. The van der Waals surface area contributed by atoms with Crippen LogP contribution in [0.2, 0.25) is 0 Å². The molecule has 3 rings (SSSR count). The third kappa shape index (κ3) is 3.47. The van der Waals surface area contributed by atoms with Crippen molar-refractivity contribution in [1.29, 1.82) is 0 Å². The molecule has 0 unspecified atom stereocenters. The minimum Gasteiger partial charge on any atom is -0.505 e. The number of fused-ring (bicyclic) bond motifs is 1. The zero-order valence-corrected chi connectivity index (χ0v) is 16.0. The van der Waals surface area contributed by atoms with Crippen LogP contribution < -0.4 is 5.56 Å². The van der Waals surface area contributed by atoms with Crippen LogP contribution in [0.3, 0.4) is 0 Å². The first kappa shape index (κ1) is 19.5. The Kier molecular flexibility index (Phi) is 5.44. The maximum Gasteiger partial charge on any atom is 0.347 e. The minimum atomic E-state index is -0.882. The largest absolute Gasteiger partial charge is 0.505 e. The molecule has 7 heteroatoms. The number of aromatic hydroxyl groups is 1. The van der Waals surface area contributed by atoms with Crippen molar-refractivity contribution in [3.63, 3.8) is 0 Å². The Morgan fingerprint density at radius 3 is 2.68 bits per heavy atom. The van der Waals surface area contributed by atoms with E-state index in [0.29, 0.717) is 18.4 Å². The highest BCUT2D eigenvalue weighted by Gasteiger charge is 2.23. The molecule has 0 amide bonds. The highest BCUT2D eigenvalue weighted by Crippen LogP contribution is 2.26. The zero-order chi connectivity index (χ0) is 20.4. The van der Waals surface area contributed by atoms with E-state index < -0.39 is 22.8 Å². The maximum atomic E-state index is 13.5. The number of nitrogens with zero attached hydrogens (tertiary/aromatic N) is 2. The topological polar surface area (TPSA) is 81.4 Å². The van der Waals surface area contributed by atoms with Gasteiger partial charge in [0.05, 0.1) is 12.1 Å². The third-order valence-electron chi connectivity index (χ3n) is 4.69. The lowest BCUT2D eigenvalue weighted by atomic mass is 9.98. The van der Waals surface area contributed by atoms with Crippen LogP contribution in [0.15, 0.2) is 35.3 Å². The average molecular weight is 384 g/mol. The molecule has 0 aliphatic carbocycles. The van der Waals surface area contributed by atoms with E-state index in [1.165, 1.54) is 23.7 Å². The lowest BCUT2D eigenvalue weighted by Gasteiger charge is -2.13. The van der Waals surface area contributed by atoms with Gasteiger partial charge in [0.25, 0.3) is 5.56 Å². The summed E-state index contributed by atoms with van der Waals surface area (Å²) in [6.45, 7) is 3.66. The van der Waals surface area contributed by atoms with Crippen LogP contribution in [0.4, 0.5) is 4.39 Å². The predicted octanol–water partition coefficient (Wildman–Crippen LogP) is 3.11. The SMILES string of the molecule is CCOC(=O)c1c(O)c2ncc(Cc3ccc(F)cc3CC)cc2n(C)c1=O. The number of pyridine rings is 2. The number of esters is 1. The summed E-state index contributed by atoms with van der Waals surface area (Å²) in [7, 11) is 1.51. The Bertz CT molecular complexity index is 1120. The number of carbonyl (C=O) groups excluding carboxylic acids is 1. The van der Waals surface area contributed by atoms with Gasteiger partial charge in [-0.2, -0.15) is 0 Å². The molecule has 0 spiro atoms. The summed E-state index contributed by atoms with van der Waals surface area (Å²) in [5, 5.41) is 10.4. The van der Waals surface area contributed by atoms with Crippen LogP contribution in [0.25, 0.3) is 11.0 Å². The molecule has 6 nitrogen and oxygen atoms in total. The number of halogens is 1. The number of rotatable bonds is 5. The molecule has 0 saturated heterocycles. The summed E-state index contributed by atoms with van der Waals surface area (Å²) in [6, 6.07) is 6.40. The molecule has 0 aliphatic rings. The van der Waals surface area contributed by atoms with Crippen molar-refractivity contribution < 1.29 is 19.0 Å². The summed E-state index contributed by atoms with van der Waals surface area (Å²) in [6.07, 6.45) is 2.77. The lowest BCUT2D eigenvalue weighted by molar-refractivity contribution is 0.0520.